The van der Waals surface area contributed by atoms with Crippen molar-refractivity contribution < 1.29 is 9.90 Å². The molecule has 2 N–H and O–H groups in total. The zero-order valence-electron chi connectivity index (χ0n) is 10.9. The normalized spacial score (nSPS) is 12.5. The van der Waals surface area contributed by atoms with Gasteiger partial charge in [0, 0.05) is 16.2 Å². The summed E-state index contributed by atoms with van der Waals surface area (Å²) < 4.78 is 0.597. The van der Waals surface area contributed by atoms with Gasteiger partial charge in [-0.05, 0) is 68.1 Å². The first-order chi connectivity index (χ1) is 8.40. The van der Waals surface area contributed by atoms with Gasteiger partial charge < -0.3 is 15.3 Å². The highest BCUT2D eigenvalue weighted by molar-refractivity contribution is 9.10. The average Bonchev–Trinajstić information content (AvgIpc) is 2.26. The van der Waals surface area contributed by atoms with Crippen molar-refractivity contribution in [2.75, 3.05) is 26.0 Å². The van der Waals surface area contributed by atoms with Gasteiger partial charge in [-0.25, -0.2) is 4.79 Å². The van der Waals surface area contributed by atoms with E-state index in [0.717, 1.165) is 18.7 Å². The lowest BCUT2D eigenvalue weighted by atomic mass is 10.1. The molecule has 0 amide bonds. The van der Waals surface area contributed by atoms with Crippen LogP contribution in [0.4, 0.5) is 5.69 Å². The van der Waals surface area contributed by atoms with Crippen LogP contribution in [0.2, 0.25) is 0 Å². The van der Waals surface area contributed by atoms with Crippen LogP contribution in [0.15, 0.2) is 22.7 Å². The predicted molar refractivity (Wildman–Crippen MR) is 77.4 cm³/mol. The molecule has 0 bridgehead atoms. The Bertz CT molecular complexity index is 421. The maximum Gasteiger partial charge on any atom is 0.336 e. The van der Waals surface area contributed by atoms with Crippen LogP contribution < -0.4 is 5.32 Å². The van der Waals surface area contributed by atoms with Crippen molar-refractivity contribution in [3.05, 3.63) is 28.2 Å². The number of nitrogens with zero attached hydrogens (tertiary/aromatic N) is 1. The molecule has 5 heteroatoms. The lowest BCUT2D eigenvalue weighted by Gasteiger charge is -2.18. The third-order valence-corrected chi connectivity index (χ3v) is 3.28. The summed E-state index contributed by atoms with van der Waals surface area (Å²) in [5.41, 5.74) is 1.21. The number of rotatable bonds is 6. The van der Waals surface area contributed by atoms with Crippen LogP contribution in [0.3, 0.4) is 0 Å². The van der Waals surface area contributed by atoms with Gasteiger partial charge in [0.25, 0.3) is 0 Å². The summed E-state index contributed by atoms with van der Waals surface area (Å²) in [6.07, 6.45) is 1.03. The minimum atomic E-state index is -0.922. The summed E-state index contributed by atoms with van der Waals surface area (Å²) in [6, 6.07) is 5.54. The SMILES string of the molecule is CC(CCN(C)C)Nc1ccc(C(=O)O)c(Br)c1. The van der Waals surface area contributed by atoms with Crippen molar-refractivity contribution >= 4 is 27.6 Å². The second-order valence-electron chi connectivity index (χ2n) is 4.64. The van der Waals surface area contributed by atoms with E-state index >= 15 is 0 Å². The molecule has 1 aromatic carbocycles. The van der Waals surface area contributed by atoms with E-state index in [2.05, 4.69) is 33.1 Å². The molecular formula is C13H19BrN2O2. The van der Waals surface area contributed by atoms with Crippen molar-refractivity contribution in [2.45, 2.75) is 19.4 Å². The van der Waals surface area contributed by atoms with E-state index in [1.54, 1.807) is 18.2 Å². The largest absolute Gasteiger partial charge is 0.478 e. The van der Waals surface area contributed by atoms with E-state index in [0.29, 0.717) is 10.5 Å². The Labute approximate surface area is 116 Å². The average molecular weight is 315 g/mol. The summed E-state index contributed by atoms with van der Waals surface area (Å²) in [6.45, 7) is 3.13. The minimum absolute atomic E-state index is 0.279. The molecule has 1 rings (SSSR count). The van der Waals surface area contributed by atoms with Crippen molar-refractivity contribution in [3.63, 3.8) is 0 Å². The maximum absolute atomic E-state index is 10.9. The molecule has 0 aromatic heterocycles. The molecule has 0 aliphatic heterocycles. The molecule has 0 heterocycles. The summed E-state index contributed by atoms with van der Waals surface area (Å²) in [4.78, 5) is 13.0. The van der Waals surface area contributed by atoms with Gasteiger partial charge in [-0.1, -0.05) is 0 Å². The number of hydrogen-bond acceptors (Lipinski definition) is 3. The van der Waals surface area contributed by atoms with Crippen molar-refractivity contribution in [1.29, 1.82) is 0 Å². The molecule has 1 atom stereocenters. The van der Waals surface area contributed by atoms with Crippen LogP contribution in [0.5, 0.6) is 0 Å². The van der Waals surface area contributed by atoms with Crippen LogP contribution in [-0.2, 0) is 0 Å². The topological polar surface area (TPSA) is 52.6 Å². The quantitative estimate of drug-likeness (QED) is 0.847. The van der Waals surface area contributed by atoms with Gasteiger partial charge >= 0.3 is 5.97 Å². The molecule has 0 spiro atoms. The summed E-state index contributed by atoms with van der Waals surface area (Å²) in [5, 5.41) is 12.3. The number of hydrogen-bond donors (Lipinski definition) is 2. The highest BCUT2D eigenvalue weighted by Crippen LogP contribution is 2.22. The number of aromatic carboxylic acids is 1. The van der Waals surface area contributed by atoms with E-state index in [1.165, 1.54) is 0 Å². The number of nitrogens with one attached hydrogen (secondary N) is 1. The Morgan fingerprint density at radius 2 is 2.17 bits per heavy atom. The first-order valence-electron chi connectivity index (χ1n) is 5.84. The molecule has 100 valence electrons. The molecular weight excluding hydrogens is 296 g/mol. The molecule has 1 aromatic rings. The second-order valence-corrected chi connectivity index (χ2v) is 5.49. The molecule has 1 unspecified atom stereocenters. The molecule has 0 fully saturated rings. The fourth-order valence-corrected chi connectivity index (χ4v) is 2.14. The zero-order chi connectivity index (χ0) is 13.7. The highest BCUT2D eigenvalue weighted by Gasteiger charge is 2.09. The van der Waals surface area contributed by atoms with E-state index in [-0.39, 0.29) is 5.56 Å². The monoisotopic (exact) mass is 314 g/mol. The Kier molecular flexibility index (Phi) is 5.62. The Morgan fingerprint density at radius 3 is 2.67 bits per heavy atom. The van der Waals surface area contributed by atoms with E-state index < -0.39 is 5.97 Å². The Balaban J connectivity index is 2.63. The van der Waals surface area contributed by atoms with Crippen molar-refractivity contribution in [3.8, 4) is 0 Å². The fourth-order valence-electron chi connectivity index (χ4n) is 1.59. The Morgan fingerprint density at radius 1 is 1.50 bits per heavy atom. The molecule has 0 saturated carbocycles. The maximum atomic E-state index is 10.9. The number of halogens is 1. The summed E-state index contributed by atoms with van der Waals surface area (Å²) in [7, 11) is 4.09. The lowest BCUT2D eigenvalue weighted by molar-refractivity contribution is 0.0696. The van der Waals surface area contributed by atoms with Crippen LogP contribution in [0.1, 0.15) is 23.7 Å². The third kappa shape index (κ3) is 4.66. The number of carboxylic acid groups (broad SMARTS) is 1. The van der Waals surface area contributed by atoms with Gasteiger partial charge in [0.2, 0.25) is 0 Å². The third-order valence-electron chi connectivity index (χ3n) is 2.62. The molecule has 4 nitrogen and oxygen atoms in total. The molecule has 0 saturated heterocycles. The predicted octanol–water partition coefficient (Wildman–Crippen LogP) is 2.90. The minimum Gasteiger partial charge on any atom is -0.478 e. The molecule has 0 radical (unpaired) electrons. The zero-order valence-corrected chi connectivity index (χ0v) is 12.5. The molecule has 0 aliphatic carbocycles. The first-order valence-corrected chi connectivity index (χ1v) is 6.63. The van der Waals surface area contributed by atoms with Crippen LogP contribution >= 0.6 is 15.9 Å². The first kappa shape index (κ1) is 15.0. The van der Waals surface area contributed by atoms with Gasteiger partial charge in [-0.2, -0.15) is 0 Å². The molecule has 18 heavy (non-hydrogen) atoms. The smallest absolute Gasteiger partial charge is 0.336 e. The van der Waals surface area contributed by atoms with Crippen LogP contribution in [0, 0.1) is 0 Å². The van der Waals surface area contributed by atoms with Gasteiger partial charge in [0.1, 0.15) is 0 Å². The number of carbonyl (C=O) groups is 1. The van der Waals surface area contributed by atoms with E-state index in [1.807, 2.05) is 14.1 Å². The number of anilines is 1. The second kappa shape index (κ2) is 6.75. The molecule has 0 aliphatic rings. The summed E-state index contributed by atoms with van der Waals surface area (Å²) >= 11 is 3.27. The van der Waals surface area contributed by atoms with Crippen LogP contribution in [-0.4, -0.2) is 42.7 Å². The lowest BCUT2D eigenvalue weighted by Crippen LogP contribution is -2.23. The number of carboxylic acids is 1. The highest BCUT2D eigenvalue weighted by atomic mass is 79.9. The van der Waals surface area contributed by atoms with Gasteiger partial charge in [-0.3, -0.25) is 0 Å². The van der Waals surface area contributed by atoms with Gasteiger partial charge in [0.15, 0.2) is 0 Å². The van der Waals surface area contributed by atoms with Gasteiger partial charge in [-0.15, -0.1) is 0 Å². The van der Waals surface area contributed by atoms with E-state index in [4.69, 9.17) is 5.11 Å². The fraction of sp³-hybridized carbons (Fsp3) is 0.462. The summed E-state index contributed by atoms with van der Waals surface area (Å²) in [5.74, 6) is -0.922. The van der Waals surface area contributed by atoms with Crippen molar-refractivity contribution in [1.82, 2.24) is 4.90 Å². The van der Waals surface area contributed by atoms with Crippen LogP contribution in [0.25, 0.3) is 0 Å². The Hall–Kier alpha value is -1.07. The van der Waals surface area contributed by atoms with Gasteiger partial charge in [0.05, 0.1) is 5.56 Å². The van der Waals surface area contributed by atoms with E-state index in [9.17, 15) is 4.79 Å². The van der Waals surface area contributed by atoms with Crippen molar-refractivity contribution in [2.24, 2.45) is 0 Å². The number of benzene rings is 1. The standard InChI is InChI=1S/C13H19BrN2O2/c1-9(6-7-16(2)3)15-10-4-5-11(13(17)18)12(14)8-10/h4-5,8-9,15H,6-7H2,1-3H3,(H,17,18).